The van der Waals surface area contributed by atoms with Gasteiger partial charge < -0.3 is 19.8 Å². The van der Waals surface area contributed by atoms with Crippen molar-refractivity contribution in [1.29, 1.82) is 0 Å². The van der Waals surface area contributed by atoms with Gasteiger partial charge in [-0.25, -0.2) is 9.97 Å². The number of esters is 1. The second-order valence-electron chi connectivity index (χ2n) is 8.66. The quantitative estimate of drug-likeness (QED) is 0.198. The van der Waals surface area contributed by atoms with Gasteiger partial charge in [0.1, 0.15) is 5.76 Å². The van der Waals surface area contributed by atoms with Gasteiger partial charge >= 0.3 is 5.97 Å². The summed E-state index contributed by atoms with van der Waals surface area (Å²) in [6, 6.07) is 0. The van der Waals surface area contributed by atoms with Crippen molar-refractivity contribution in [3.8, 4) is 0 Å². The number of anilines is 1. The number of hydrogen-bond acceptors (Lipinski definition) is 9. The number of nitrogens with zero attached hydrogens (tertiary/aromatic N) is 2. The van der Waals surface area contributed by atoms with Gasteiger partial charge in [0.05, 0.1) is 29.0 Å². The number of aromatic nitrogens is 2. The molecule has 0 bridgehead atoms. The fourth-order valence-corrected chi connectivity index (χ4v) is 4.59. The maximum absolute atomic E-state index is 12.1. The van der Waals surface area contributed by atoms with E-state index in [1.807, 2.05) is 6.92 Å². The molecule has 2 rings (SSSR count). The lowest BCUT2D eigenvalue weighted by molar-refractivity contribution is -0.143. The molecule has 0 fully saturated rings. The van der Waals surface area contributed by atoms with Gasteiger partial charge in [-0.15, -0.1) is 11.8 Å². The highest BCUT2D eigenvalue weighted by molar-refractivity contribution is 8.00. The van der Waals surface area contributed by atoms with E-state index in [2.05, 4.69) is 41.4 Å². The lowest BCUT2D eigenvalue weighted by Crippen LogP contribution is -2.19. The third-order valence-corrected chi connectivity index (χ3v) is 6.75. The number of nitrogens with one attached hydrogen (secondary N) is 2. The SMILES string of the molecule is CCOC(=O)CCCCCNCCCC(=O)Nc1ncc(SCc2ncc(C(C)(C)C)o2)s1. The van der Waals surface area contributed by atoms with Gasteiger partial charge in [-0.3, -0.25) is 9.59 Å². The number of ether oxygens (including phenoxy) is 1. The summed E-state index contributed by atoms with van der Waals surface area (Å²) in [5.41, 5.74) is -0.0568. The summed E-state index contributed by atoms with van der Waals surface area (Å²) in [6.07, 6.45) is 8.11. The van der Waals surface area contributed by atoms with Gasteiger partial charge in [0, 0.05) is 18.3 Å². The summed E-state index contributed by atoms with van der Waals surface area (Å²) in [5, 5.41) is 6.82. The zero-order valence-electron chi connectivity index (χ0n) is 20.1. The molecule has 8 nitrogen and oxygen atoms in total. The zero-order chi connectivity index (χ0) is 24.1. The number of thiazole rings is 1. The van der Waals surface area contributed by atoms with Crippen LogP contribution in [-0.4, -0.2) is 41.5 Å². The topological polar surface area (TPSA) is 106 Å². The largest absolute Gasteiger partial charge is 0.466 e. The van der Waals surface area contributed by atoms with Crippen molar-refractivity contribution >= 4 is 40.1 Å². The first-order chi connectivity index (χ1) is 15.8. The molecule has 1 amide bonds. The fourth-order valence-electron chi connectivity index (χ4n) is 2.85. The number of rotatable bonds is 15. The first kappa shape index (κ1) is 27.3. The molecule has 2 heterocycles. The van der Waals surface area contributed by atoms with E-state index in [0.29, 0.717) is 36.2 Å². The van der Waals surface area contributed by atoms with E-state index < -0.39 is 0 Å². The van der Waals surface area contributed by atoms with Crippen molar-refractivity contribution in [2.45, 2.75) is 81.6 Å². The molecule has 2 aromatic rings. The van der Waals surface area contributed by atoms with Gasteiger partial charge in [0.15, 0.2) is 5.13 Å². The molecule has 0 aliphatic carbocycles. The molecule has 0 atom stereocenters. The third kappa shape index (κ3) is 11.2. The highest BCUT2D eigenvalue weighted by Crippen LogP contribution is 2.31. The van der Waals surface area contributed by atoms with E-state index in [-0.39, 0.29) is 17.3 Å². The normalized spacial score (nSPS) is 11.5. The minimum Gasteiger partial charge on any atom is -0.466 e. The minimum absolute atomic E-state index is 0.0281. The van der Waals surface area contributed by atoms with Crippen molar-refractivity contribution in [2.24, 2.45) is 0 Å². The van der Waals surface area contributed by atoms with Gasteiger partial charge in [-0.1, -0.05) is 38.5 Å². The van der Waals surface area contributed by atoms with Crippen LogP contribution < -0.4 is 10.6 Å². The number of carbonyl (C=O) groups is 2. The fraction of sp³-hybridized carbons (Fsp3) is 0.652. The molecule has 10 heteroatoms. The molecule has 0 spiro atoms. The molecule has 0 radical (unpaired) electrons. The van der Waals surface area contributed by atoms with Gasteiger partial charge in [-0.05, 0) is 39.3 Å². The monoisotopic (exact) mass is 496 g/mol. The van der Waals surface area contributed by atoms with Crippen molar-refractivity contribution in [3.05, 3.63) is 24.0 Å². The summed E-state index contributed by atoms with van der Waals surface area (Å²) < 4.78 is 11.7. The van der Waals surface area contributed by atoms with Crippen LogP contribution >= 0.6 is 23.1 Å². The summed E-state index contributed by atoms with van der Waals surface area (Å²) in [6.45, 7) is 10.2. The van der Waals surface area contributed by atoms with Crippen molar-refractivity contribution in [2.75, 3.05) is 25.0 Å². The highest BCUT2D eigenvalue weighted by Gasteiger charge is 2.19. The van der Waals surface area contributed by atoms with E-state index in [9.17, 15) is 9.59 Å². The average molecular weight is 497 g/mol. The number of carbonyl (C=O) groups excluding carboxylic acids is 2. The molecular formula is C23H36N4O4S2. The minimum atomic E-state index is -0.119. The molecule has 2 aromatic heterocycles. The van der Waals surface area contributed by atoms with Crippen LogP contribution in [0.2, 0.25) is 0 Å². The summed E-state index contributed by atoms with van der Waals surface area (Å²) in [5.74, 6) is 2.04. The standard InChI is InChI=1S/C23H36N4O4S2/c1-5-30-20(29)11-7-6-8-12-24-13-9-10-18(28)27-22-26-15-21(33-22)32-16-19-25-14-17(31-19)23(2,3)4/h14-15,24H,5-13,16H2,1-4H3,(H,26,27,28). The maximum Gasteiger partial charge on any atom is 0.305 e. The number of oxazole rings is 1. The molecule has 0 saturated carbocycles. The highest BCUT2D eigenvalue weighted by atomic mass is 32.2. The van der Waals surface area contributed by atoms with Crippen LogP contribution in [0.5, 0.6) is 0 Å². The van der Waals surface area contributed by atoms with Crippen LogP contribution in [0.1, 0.15) is 77.9 Å². The van der Waals surface area contributed by atoms with Gasteiger partial charge in [0.2, 0.25) is 11.8 Å². The second-order valence-corrected chi connectivity index (χ2v) is 11.0. The summed E-state index contributed by atoms with van der Waals surface area (Å²) >= 11 is 3.05. The predicted molar refractivity (Wildman–Crippen MR) is 133 cm³/mol. The van der Waals surface area contributed by atoms with Crippen molar-refractivity contribution < 1.29 is 18.7 Å². The average Bonchev–Trinajstić information content (AvgIpc) is 3.40. The van der Waals surface area contributed by atoms with Gasteiger partial charge in [0.25, 0.3) is 0 Å². The Morgan fingerprint density at radius 3 is 2.61 bits per heavy atom. The first-order valence-corrected chi connectivity index (χ1v) is 13.3. The van der Waals surface area contributed by atoms with E-state index in [1.54, 1.807) is 24.2 Å². The van der Waals surface area contributed by atoms with E-state index in [0.717, 1.165) is 48.7 Å². The van der Waals surface area contributed by atoms with Crippen molar-refractivity contribution in [3.63, 3.8) is 0 Å². The van der Waals surface area contributed by atoms with Crippen LogP contribution in [0.4, 0.5) is 5.13 Å². The molecular weight excluding hydrogens is 460 g/mol. The lowest BCUT2D eigenvalue weighted by Gasteiger charge is -2.12. The Bertz CT molecular complexity index is 861. The van der Waals surface area contributed by atoms with E-state index >= 15 is 0 Å². The Hall–Kier alpha value is -1.91. The molecule has 33 heavy (non-hydrogen) atoms. The number of thioether (sulfide) groups is 1. The summed E-state index contributed by atoms with van der Waals surface area (Å²) in [4.78, 5) is 32.0. The van der Waals surface area contributed by atoms with Crippen molar-refractivity contribution in [1.82, 2.24) is 15.3 Å². The molecule has 0 aliphatic rings. The smallest absolute Gasteiger partial charge is 0.305 e. The molecule has 0 aromatic carbocycles. The zero-order valence-corrected chi connectivity index (χ0v) is 21.7. The molecule has 0 unspecified atom stereocenters. The van der Waals surface area contributed by atoms with Gasteiger partial charge in [-0.2, -0.15) is 0 Å². The Labute approximate surface area is 204 Å². The predicted octanol–water partition coefficient (Wildman–Crippen LogP) is 5.15. The molecule has 0 aliphatic heterocycles. The molecule has 184 valence electrons. The number of hydrogen-bond donors (Lipinski definition) is 2. The Kier molecular flexibility index (Phi) is 11.9. The van der Waals surface area contributed by atoms with E-state index in [4.69, 9.17) is 9.15 Å². The maximum atomic E-state index is 12.1. The van der Waals surface area contributed by atoms with Crippen LogP contribution in [0.3, 0.4) is 0 Å². The first-order valence-electron chi connectivity index (χ1n) is 11.5. The van der Waals surface area contributed by atoms with Crippen LogP contribution in [0.25, 0.3) is 0 Å². The summed E-state index contributed by atoms with van der Waals surface area (Å²) in [7, 11) is 0. The molecule has 0 saturated heterocycles. The van der Waals surface area contributed by atoms with E-state index in [1.165, 1.54) is 11.3 Å². The van der Waals surface area contributed by atoms with Crippen LogP contribution in [-0.2, 0) is 25.5 Å². The van der Waals surface area contributed by atoms with Crippen LogP contribution in [0.15, 0.2) is 21.0 Å². The Morgan fingerprint density at radius 1 is 1.09 bits per heavy atom. The Balaban J connectivity index is 1.54. The molecule has 2 N–H and O–H groups in total. The lowest BCUT2D eigenvalue weighted by atomic mass is 9.94. The Morgan fingerprint density at radius 2 is 1.88 bits per heavy atom. The van der Waals surface area contributed by atoms with Crippen LogP contribution in [0, 0.1) is 0 Å². The number of unbranched alkanes of at least 4 members (excludes halogenated alkanes) is 2. The third-order valence-electron chi connectivity index (χ3n) is 4.66. The number of amides is 1. The second kappa shape index (κ2) is 14.4.